The predicted octanol–water partition coefficient (Wildman–Crippen LogP) is 3.14. The average molecular weight is 225 g/mol. The Morgan fingerprint density at radius 1 is 1.24 bits per heavy atom. The van der Waals surface area contributed by atoms with E-state index >= 15 is 0 Å². The number of rotatable bonds is 3. The molecule has 0 aliphatic rings. The second kappa shape index (κ2) is 5.25. The van der Waals surface area contributed by atoms with E-state index in [4.69, 9.17) is 0 Å². The molecule has 0 aliphatic carbocycles. The van der Waals surface area contributed by atoms with Crippen LogP contribution in [0.25, 0.3) is 0 Å². The number of hydrazone groups is 1. The van der Waals surface area contributed by atoms with Crippen molar-refractivity contribution in [3.05, 3.63) is 59.4 Å². The summed E-state index contributed by atoms with van der Waals surface area (Å²) in [6, 6.07) is 10.1. The molecular weight excluding hydrogens is 210 g/mol. The van der Waals surface area contributed by atoms with E-state index in [1.165, 1.54) is 11.1 Å². The Morgan fingerprint density at radius 2 is 2.12 bits per heavy atom. The summed E-state index contributed by atoms with van der Waals surface area (Å²) >= 11 is 0. The second-order valence-corrected chi connectivity index (χ2v) is 3.97. The number of hydrogen-bond donors (Lipinski definition) is 1. The molecule has 1 heterocycles. The maximum atomic E-state index is 4.19. The number of hydrogen-bond acceptors (Lipinski definition) is 3. The lowest BCUT2D eigenvalue weighted by Crippen LogP contribution is -1.93. The van der Waals surface area contributed by atoms with Gasteiger partial charge in [0, 0.05) is 18.0 Å². The van der Waals surface area contributed by atoms with Gasteiger partial charge in [-0.05, 0) is 31.5 Å². The van der Waals surface area contributed by atoms with Crippen LogP contribution in [0, 0.1) is 13.8 Å². The monoisotopic (exact) mass is 225 g/mol. The van der Waals surface area contributed by atoms with E-state index in [9.17, 15) is 0 Å². The van der Waals surface area contributed by atoms with E-state index in [0.29, 0.717) is 0 Å². The van der Waals surface area contributed by atoms with Crippen molar-refractivity contribution in [2.75, 3.05) is 5.43 Å². The predicted molar refractivity (Wildman–Crippen MR) is 71.4 cm³/mol. The molecule has 0 atom stereocenters. The SMILES string of the molecule is Cc1ccc(N/N=C/c2cccnc2)c(C)c1. The number of pyridine rings is 1. The van der Waals surface area contributed by atoms with E-state index in [1.807, 2.05) is 18.2 Å². The van der Waals surface area contributed by atoms with Gasteiger partial charge in [0.05, 0.1) is 11.9 Å². The fourth-order valence-corrected chi connectivity index (χ4v) is 1.57. The van der Waals surface area contributed by atoms with Gasteiger partial charge < -0.3 is 0 Å². The molecule has 0 amide bonds. The molecule has 3 heteroatoms. The molecule has 0 saturated carbocycles. The van der Waals surface area contributed by atoms with Crippen molar-refractivity contribution < 1.29 is 0 Å². The molecule has 86 valence electrons. The first-order valence-corrected chi connectivity index (χ1v) is 5.52. The molecule has 0 aliphatic heterocycles. The van der Waals surface area contributed by atoms with E-state index in [0.717, 1.165) is 11.3 Å². The largest absolute Gasteiger partial charge is 0.278 e. The molecule has 17 heavy (non-hydrogen) atoms. The van der Waals surface area contributed by atoms with Crippen molar-refractivity contribution >= 4 is 11.9 Å². The van der Waals surface area contributed by atoms with Crippen LogP contribution in [0.4, 0.5) is 5.69 Å². The number of nitrogens with one attached hydrogen (secondary N) is 1. The lowest BCUT2D eigenvalue weighted by Gasteiger charge is -2.05. The van der Waals surface area contributed by atoms with Crippen LogP contribution in [0.5, 0.6) is 0 Å². The van der Waals surface area contributed by atoms with E-state index in [1.54, 1.807) is 18.6 Å². The third-order valence-electron chi connectivity index (χ3n) is 2.46. The molecule has 0 unspecified atom stereocenters. The van der Waals surface area contributed by atoms with Gasteiger partial charge in [0.2, 0.25) is 0 Å². The van der Waals surface area contributed by atoms with Crippen LogP contribution in [0.2, 0.25) is 0 Å². The maximum absolute atomic E-state index is 4.19. The molecule has 0 spiro atoms. The van der Waals surface area contributed by atoms with Gasteiger partial charge in [0.15, 0.2) is 0 Å². The van der Waals surface area contributed by atoms with Crippen molar-refractivity contribution in [1.29, 1.82) is 0 Å². The highest BCUT2D eigenvalue weighted by molar-refractivity contribution is 5.79. The minimum absolute atomic E-state index is 0.977. The Hall–Kier alpha value is -2.16. The highest BCUT2D eigenvalue weighted by Crippen LogP contribution is 2.15. The van der Waals surface area contributed by atoms with Gasteiger partial charge in [-0.25, -0.2) is 0 Å². The van der Waals surface area contributed by atoms with Gasteiger partial charge in [0.25, 0.3) is 0 Å². The zero-order valence-electron chi connectivity index (χ0n) is 10.0. The Kier molecular flexibility index (Phi) is 3.50. The molecule has 0 saturated heterocycles. The van der Waals surface area contributed by atoms with Crippen LogP contribution >= 0.6 is 0 Å². The van der Waals surface area contributed by atoms with Gasteiger partial charge in [0.1, 0.15) is 0 Å². The number of anilines is 1. The molecule has 2 aromatic rings. The summed E-state index contributed by atoms with van der Waals surface area (Å²) in [5, 5.41) is 4.19. The fourth-order valence-electron chi connectivity index (χ4n) is 1.57. The molecule has 0 fully saturated rings. The summed E-state index contributed by atoms with van der Waals surface area (Å²) in [5.74, 6) is 0. The van der Waals surface area contributed by atoms with Crippen molar-refractivity contribution in [3.8, 4) is 0 Å². The lowest BCUT2D eigenvalue weighted by molar-refractivity contribution is 1.28. The number of aromatic nitrogens is 1. The van der Waals surface area contributed by atoms with Gasteiger partial charge in [-0.3, -0.25) is 10.4 Å². The van der Waals surface area contributed by atoms with Gasteiger partial charge in [-0.1, -0.05) is 23.8 Å². The molecule has 0 radical (unpaired) electrons. The normalized spacial score (nSPS) is 10.7. The molecule has 3 nitrogen and oxygen atoms in total. The number of benzene rings is 1. The summed E-state index contributed by atoms with van der Waals surface area (Å²) in [6.07, 6.45) is 5.27. The zero-order valence-corrected chi connectivity index (χ0v) is 10.0. The Balaban J connectivity index is 2.05. The fraction of sp³-hybridized carbons (Fsp3) is 0.143. The summed E-state index contributed by atoms with van der Waals surface area (Å²) in [4.78, 5) is 4.02. The summed E-state index contributed by atoms with van der Waals surface area (Å²) in [7, 11) is 0. The third-order valence-corrected chi connectivity index (χ3v) is 2.46. The van der Waals surface area contributed by atoms with Crippen LogP contribution in [0.3, 0.4) is 0 Å². The topological polar surface area (TPSA) is 37.3 Å². The standard InChI is InChI=1S/C14H15N3/c1-11-5-6-14(12(2)8-11)17-16-10-13-4-3-7-15-9-13/h3-10,17H,1-2H3/b16-10+. The van der Waals surface area contributed by atoms with Crippen molar-refractivity contribution in [1.82, 2.24) is 4.98 Å². The first kappa shape index (κ1) is 11.3. The highest BCUT2D eigenvalue weighted by atomic mass is 15.3. The van der Waals surface area contributed by atoms with Crippen LogP contribution in [-0.2, 0) is 0 Å². The summed E-state index contributed by atoms with van der Waals surface area (Å²) < 4.78 is 0. The van der Waals surface area contributed by atoms with Crippen molar-refractivity contribution in [2.24, 2.45) is 5.10 Å². The second-order valence-electron chi connectivity index (χ2n) is 3.97. The molecule has 1 aromatic carbocycles. The van der Waals surface area contributed by atoms with E-state index < -0.39 is 0 Å². The average Bonchev–Trinajstić information content (AvgIpc) is 2.33. The zero-order chi connectivity index (χ0) is 12.1. The molecular formula is C14H15N3. The molecule has 1 aromatic heterocycles. The first-order valence-electron chi connectivity index (χ1n) is 5.52. The van der Waals surface area contributed by atoms with Crippen LogP contribution in [0.15, 0.2) is 47.8 Å². The van der Waals surface area contributed by atoms with Crippen molar-refractivity contribution in [3.63, 3.8) is 0 Å². The molecule has 2 rings (SSSR count). The van der Waals surface area contributed by atoms with Gasteiger partial charge in [-0.2, -0.15) is 5.10 Å². The van der Waals surface area contributed by atoms with Crippen LogP contribution in [0.1, 0.15) is 16.7 Å². The molecule has 1 N–H and O–H groups in total. The highest BCUT2D eigenvalue weighted by Gasteiger charge is 1.95. The van der Waals surface area contributed by atoms with Crippen molar-refractivity contribution in [2.45, 2.75) is 13.8 Å². The van der Waals surface area contributed by atoms with Crippen LogP contribution < -0.4 is 5.43 Å². The minimum Gasteiger partial charge on any atom is -0.278 e. The minimum atomic E-state index is 0.977. The summed E-state index contributed by atoms with van der Waals surface area (Å²) in [6.45, 7) is 4.14. The van der Waals surface area contributed by atoms with E-state index in [-0.39, 0.29) is 0 Å². The Labute approximate surface area is 101 Å². The first-order chi connectivity index (χ1) is 8.25. The quantitative estimate of drug-likeness (QED) is 0.643. The third kappa shape index (κ3) is 3.14. The molecule has 0 bridgehead atoms. The van der Waals surface area contributed by atoms with E-state index in [2.05, 4.69) is 41.5 Å². The number of aryl methyl sites for hydroxylation is 2. The lowest BCUT2D eigenvalue weighted by atomic mass is 10.1. The van der Waals surface area contributed by atoms with Gasteiger partial charge in [-0.15, -0.1) is 0 Å². The number of nitrogens with zero attached hydrogens (tertiary/aromatic N) is 2. The Bertz CT molecular complexity index is 518. The maximum Gasteiger partial charge on any atom is 0.0591 e. The van der Waals surface area contributed by atoms with Gasteiger partial charge >= 0.3 is 0 Å². The van der Waals surface area contributed by atoms with Crippen LogP contribution in [-0.4, -0.2) is 11.2 Å². The summed E-state index contributed by atoms with van der Waals surface area (Å²) in [5.41, 5.74) is 7.47. The Morgan fingerprint density at radius 3 is 2.82 bits per heavy atom. The smallest absolute Gasteiger partial charge is 0.0591 e.